The molecular formula is C12H20O. The molecule has 0 radical (unpaired) electrons. The van der Waals surface area contributed by atoms with Crippen LogP contribution in [0.3, 0.4) is 0 Å². The molecular weight excluding hydrogens is 160 g/mol. The minimum absolute atomic E-state index is 0.773. The van der Waals surface area contributed by atoms with Crippen LogP contribution in [0.25, 0.3) is 0 Å². The molecule has 74 valence electrons. The molecule has 1 heterocycles. The standard InChI is InChI=1S/C12H20O/c1-2-3-4-5-8-12-9-6-7-10-13-11-12/h6-7,9H,2-5,8,10-11H2,1H3. The summed E-state index contributed by atoms with van der Waals surface area (Å²) < 4.78 is 5.41. The first-order valence-corrected chi connectivity index (χ1v) is 5.36. The summed E-state index contributed by atoms with van der Waals surface area (Å²) in [6, 6.07) is 0. The highest BCUT2D eigenvalue weighted by atomic mass is 16.5. The van der Waals surface area contributed by atoms with Crippen molar-refractivity contribution in [1.29, 1.82) is 0 Å². The molecule has 0 saturated carbocycles. The van der Waals surface area contributed by atoms with Gasteiger partial charge in [0.2, 0.25) is 0 Å². The van der Waals surface area contributed by atoms with Gasteiger partial charge in [-0.25, -0.2) is 0 Å². The Labute approximate surface area is 81.5 Å². The Kier molecular flexibility index (Phi) is 5.59. The zero-order valence-electron chi connectivity index (χ0n) is 8.59. The van der Waals surface area contributed by atoms with E-state index in [9.17, 15) is 0 Å². The van der Waals surface area contributed by atoms with Gasteiger partial charge in [0, 0.05) is 0 Å². The van der Waals surface area contributed by atoms with E-state index in [1.807, 2.05) is 0 Å². The Morgan fingerprint density at radius 2 is 2.23 bits per heavy atom. The van der Waals surface area contributed by atoms with E-state index in [0.717, 1.165) is 13.2 Å². The Morgan fingerprint density at radius 1 is 1.31 bits per heavy atom. The van der Waals surface area contributed by atoms with Gasteiger partial charge in [0.1, 0.15) is 0 Å². The van der Waals surface area contributed by atoms with Gasteiger partial charge in [-0.05, 0) is 18.4 Å². The Hall–Kier alpha value is -0.560. The predicted octanol–water partition coefficient (Wildman–Crippen LogP) is 3.47. The SMILES string of the molecule is CCCCCCC1=CC=CCOC1. The first-order chi connectivity index (χ1) is 6.43. The van der Waals surface area contributed by atoms with Gasteiger partial charge < -0.3 is 4.74 Å². The fourth-order valence-electron chi connectivity index (χ4n) is 1.50. The summed E-state index contributed by atoms with van der Waals surface area (Å²) in [4.78, 5) is 0. The maximum atomic E-state index is 5.41. The van der Waals surface area contributed by atoms with Crippen molar-refractivity contribution in [2.75, 3.05) is 13.2 Å². The fourth-order valence-corrected chi connectivity index (χ4v) is 1.50. The summed E-state index contributed by atoms with van der Waals surface area (Å²) in [7, 11) is 0. The highest BCUT2D eigenvalue weighted by molar-refractivity contribution is 5.14. The van der Waals surface area contributed by atoms with Crippen molar-refractivity contribution < 1.29 is 4.74 Å². The van der Waals surface area contributed by atoms with Crippen LogP contribution in [0.1, 0.15) is 39.0 Å². The van der Waals surface area contributed by atoms with Gasteiger partial charge in [0.05, 0.1) is 13.2 Å². The second-order valence-corrected chi connectivity index (χ2v) is 3.58. The van der Waals surface area contributed by atoms with Gasteiger partial charge in [-0.3, -0.25) is 0 Å². The zero-order valence-corrected chi connectivity index (χ0v) is 8.59. The lowest BCUT2D eigenvalue weighted by molar-refractivity contribution is 0.186. The van der Waals surface area contributed by atoms with Crippen LogP contribution in [-0.2, 0) is 4.74 Å². The minimum Gasteiger partial charge on any atom is -0.373 e. The summed E-state index contributed by atoms with van der Waals surface area (Å²) >= 11 is 0. The molecule has 0 saturated heterocycles. The van der Waals surface area contributed by atoms with E-state index in [-0.39, 0.29) is 0 Å². The number of hydrogen-bond acceptors (Lipinski definition) is 1. The van der Waals surface area contributed by atoms with Crippen molar-refractivity contribution in [2.24, 2.45) is 0 Å². The smallest absolute Gasteiger partial charge is 0.0684 e. The monoisotopic (exact) mass is 180 g/mol. The molecule has 0 spiro atoms. The lowest BCUT2D eigenvalue weighted by Crippen LogP contribution is -1.96. The summed E-state index contributed by atoms with van der Waals surface area (Å²) in [6.45, 7) is 3.85. The number of ether oxygens (including phenoxy) is 1. The van der Waals surface area contributed by atoms with Crippen LogP contribution in [0.4, 0.5) is 0 Å². The molecule has 0 aromatic heterocycles. The van der Waals surface area contributed by atoms with E-state index in [1.54, 1.807) is 0 Å². The molecule has 0 fully saturated rings. The van der Waals surface area contributed by atoms with Crippen molar-refractivity contribution in [3.05, 3.63) is 23.8 Å². The van der Waals surface area contributed by atoms with Gasteiger partial charge in [-0.2, -0.15) is 0 Å². The minimum atomic E-state index is 0.773. The number of hydrogen-bond donors (Lipinski definition) is 0. The number of rotatable bonds is 5. The number of unbranched alkanes of at least 4 members (excludes halogenated alkanes) is 3. The Morgan fingerprint density at radius 3 is 3.08 bits per heavy atom. The predicted molar refractivity (Wildman–Crippen MR) is 56.8 cm³/mol. The normalized spacial score (nSPS) is 16.8. The van der Waals surface area contributed by atoms with Crippen LogP contribution in [-0.4, -0.2) is 13.2 Å². The molecule has 1 rings (SSSR count). The summed E-state index contributed by atoms with van der Waals surface area (Å²) in [5.41, 5.74) is 1.45. The van der Waals surface area contributed by atoms with E-state index < -0.39 is 0 Å². The van der Waals surface area contributed by atoms with Crippen LogP contribution in [0.5, 0.6) is 0 Å². The molecule has 0 aliphatic carbocycles. The van der Waals surface area contributed by atoms with Gasteiger partial charge in [-0.15, -0.1) is 0 Å². The molecule has 13 heavy (non-hydrogen) atoms. The largest absolute Gasteiger partial charge is 0.373 e. The van der Waals surface area contributed by atoms with Crippen molar-refractivity contribution in [3.63, 3.8) is 0 Å². The molecule has 1 aliphatic rings. The van der Waals surface area contributed by atoms with E-state index in [4.69, 9.17) is 4.74 Å². The molecule has 1 heteroatoms. The molecule has 0 aromatic carbocycles. The third-order valence-corrected chi connectivity index (χ3v) is 2.32. The maximum absolute atomic E-state index is 5.41. The lowest BCUT2D eigenvalue weighted by Gasteiger charge is -2.04. The lowest BCUT2D eigenvalue weighted by atomic mass is 10.1. The first-order valence-electron chi connectivity index (χ1n) is 5.36. The van der Waals surface area contributed by atoms with Crippen molar-refractivity contribution >= 4 is 0 Å². The molecule has 0 aromatic rings. The quantitative estimate of drug-likeness (QED) is 0.589. The Bertz CT molecular complexity index is 180. The van der Waals surface area contributed by atoms with E-state index in [2.05, 4.69) is 25.2 Å². The molecule has 1 aliphatic heterocycles. The third-order valence-electron chi connectivity index (χ3n) is 2.32. The van der Waals surface area contributed by atoms with Gasteiger partial charge in [0.25, 0.3) is 0 Å². The average Bonchev–Trinajstić information content (AvgIpc) is 2.41. The number of allylic oxidation sites excluding steroid dienone is 2. The molecule has 0 unspecified atom stereocenters. The van der Waals surface area contributed by atoms with Crippen molar-refractivity contribution in [3.8, 4) is 0 Å². The highest BCUT2D eigenvalue weighted by Crippen LogP contribution is 2.12. The Balaban J connectivity index is 2.12. The second-order valence-electron chi connectivity index (χ2n) is 3.58. The van der Waals surface area contributed by atoms with Crippen LogP contribution >= 0.6 is 0 Å². The molecule has 1 nitrogen and oxygen atoms in total. The van der Waals surface area contributed by atoms with Gasteiger partial charge in [-0.1, -0.05) is 44.4 Å². The summed E-state index contributed by atoms with van der Waals surface area (Å²) in [5.74, 6) is 0. The zero-order chi connectivity index (χ0) is 9.36. The summed E-state index contributed by atoms with van der Waals surface area (Å²) in [6.07, 6.45) is 13.0. The molecule has 0 atom stereocenters. The highest BCUT2D eigenvalue weighted by Gasteiger charge is 1.98. The van der Waals surface area contributed by atoms with Crippen molar-refractivity contribution in [2.45, 2.75) is 39.0 Å². The van der Waals surface area contributed by atoms with Crippen LogP contribution < -0.4 is 0 Å². The van der Waals surface area contributed by atoms with Gasteiger partial charge >= 0.3 is 0 Å². The fraction of sp³-hybridized carbons (Fsp3) is 0.667. The van der Waals surface area contributed by atoms with Crippen LogP contribution in [0, 0.1) is 0 Å². The summed E-state index contributed by atoms with van der Waals surface area (Å²) in [5, 5.41) is 0. The average molecular weight is 180 g/mol. The molecule has 0 amide bonds. The van der Waals surface area contributed by atoms with E-state index >= 15 is 0 Å². The van der Waals surface area contributed by atoms with E-state index in [1.165, 1.54) is 37.7 Å². The van der Waals surface area contributed by atoms with Crippen LogP contribution in [0.15, 0.2) is 23.8 Å². The molecule has 0 bridgehead atoms. The maximum Gasteiger partial charge on any atom is 0.0684 e. The topological polar surface area (TPSA) is 9.23 Å². The third kappa shape index (κ3) is 4.89. The van der Waals surface area contributed by atoms with Crippen molar-refractivity contribution in [1.82, 2.24) is 0 Å². The second kappa shape index (κ2) is 6.90. The van der Waals surface area contributed by atoms with Gasteiger partial charge in [0.15, 0.2) is 0 Å². The first kappa shape index (κ1) is 10.5. The molecule has 0 N–H and O–H groups in total. The van der Waals surface area contributed by atoms with Crippen LogP contribution in [0.2, 0.25) is 0 Å². The van der Waals surface area contributed by atoms with E-state index in [0.29, 0.717) is 0 Å².